The number of carbonyl (C=O) groups is 1. The molecular formula is C11H13NO3. The molecule has 80 valence electrons. The van der Waals surface area contributed by atoms with Crippen molar-refractivity contribution < 1.29 is 15.0 Å². The highest BCUT2D eigenvalue weighted by Gasteiger charge is 2.32. The lowest BCUT2D eigenvalue weighted by Gasteiger charge is -2.17. The van der Waals surface area contributed by atoms with Gasteiger partial charge in [-0.05, 0) is 17.5 Å². The molecule has 0 unspecified atom stereocenters. The van der Waals surface area contributed by atoms with Crippen LogP contribution >= 0.6 is 0 Å². The van der Waals surface area contributed by atoms with Gasteiger partial charge in [0.25, 0.3) is 0 Å². The van der Waals surface area contributed by atoms with Gasteiger partial charge in [-0.2, -0.15) is 0 Å². The first kappa shape index (κ1) is 9.98. The van der Waals surface area contributed by atoms with Gasteiger partial charge in [-0.1, -0.05) is 24.3 Å². The topological polar surface area (TPSA) is 69.6 Å². The van der Waals surface area contributed by atoms with Crippen LogP contribution in [0.15, 0.2) is 24.3 Å². The molecule has 0 saturated heterocycles. The Kier molecular flexibility index (Phi) is 2.60. The van der Waals surface area contributed by atoms with Crippen LogP contribution in [0.2, 0.25) is 0 Å². The van der Waals surface area contributed by atoms with Gasteiger partial charge >= 0.3 is 6.09 Å². The monoisotopic (exact) mass is 207 g/mol. The highest BCUT2D eigenvalue weighted by atomic mass is 16.4. The van der Waals surface area contributed by atoms with Crippen LogP contribution in [-0.4, -0.2) is 29.0 Å². The molecule has 1 aliphatic carbocycles. The lowest BCUT2D eigenvalue weighted by Crippen LogP contribution is -2.37. The maximum absolute atomic E-state index is 10.6. The van der Waals surface area contributed by atoms with Gasteiger partial charge in [0.2, 0.25) is 0 Å². The zero-order chi connectivity index (χ0) is 10.8. The minimum atomic E-state index is -1.04. The number of benzene rings is 1. The first-order valence-electron chi connectivity index (χ1n) is 4.90. The number of carboxylic acid groups (broad SMARTS) is 1. The highest BCUT2D eigenvalue weighted by Crippen LogP contribution is 2.32. The van der Waals surface area contributed by atoms with E-state index in [0.717, 1.165) is 11.1 Å². The maximum atomic E-state index is 10.6. The summed E-state index contributed by atoms with van der Waals surface area (Å²) in [5.41, 5.74) is 2.18. The van der Waals surface area contributed by atoms with Gasteiger partial charge in [0, 0.05) is 12.0 Å². The van der Waals surface area contributed by atoms with Crippen molar-refractivity contribution in [1.82, 2.24) is 5.32 Å². The lowest BCUT2D eigenvalue weighted by atomic mass is 10.00. The molecule has 0 heterocycles. The summed E-state index contributed by atoms with van der Waals surface area (Å²) in [6, 6.07) is 7.55. The highest BCUT2D eigenvalue weighted by molar-refractivity contribution is 5.65. The maximum Gasteiger partial charge on any atom is 0.404 e. The predicted octanol–water partition coefficient (Wildman–Crippen LogP) is 0.955. The SMILES string of the molecule is O=C(O)N[C@@H]1Cc2ccccc2[C@@H]1CO. The first-order chi connectivity index (χ1) is 7.22. The van der Waals surface area contributed by atoms with Crippen molar-refractivity contribution in [2.45, 2.75) is 18.4 Å². The summed E-state index contributed by atoms with van der Waals surface area (Å²) < 4.78 is 0. The minimum Gasteiger partial charge on any atom is -0.465 e. The second-order valence-electron chi connectivity index (χ2n) is 3.75. The van der Waals surface area contributed by atoms with Crippen LogP contribution in [0.25, 0.3) is 0 Å². The standard InChI is InChI=1S/C11H13NO3/c13-6-9-8-4-2-1-3-7(8)5-10(9)12-11(14)15/h1-4,9-10,12-13H,5-6H2,(H,14,15)/t9-,10+/m0/s1. The molecule has 0 saturated carbocycles. The summed E-state index contributed by atoms with van der Waals surface area (Å²) in [6.07, 6.45) is -0.375. The van der Waals surface area contributed by atoms with Gasteiger partial charge in [-0.15, -0.1) is 0 Å². The second kappa shape index (κ2) is 3.90. The van der Waals surface area contributed by atoms with Gasteiger partial charge in [0.1, 0.15) is 0 Å². The Labute approximate surface area is 87.6 Å². The third kappa shape index (κ3) is 1.80. The van der Waals surface area contributed by atoms with E-state index >= 15 is 0 Å². The summed E-state index contributed by atoms with van der Waals surface area (Å²) in [5.74, 6) is -0.114. The van der Waals surface area contributed by atoms with Gasteiger partial charge in [-0.3, -0.25) is 0 Å². The summed E-state index contributed by atoms with van der Waals surface area (Å²) >= 11 is 0. The zero-order valence-corrected chi connectivity index (χ0v) is 8.18. The van der Waals surface area contributed by atoms with Crippen LogP contribution in [0.3, 0.4) is 0 Å². The minimum absolute atomic E-state index is 0.0258. The Hall–Kier alpha value is -1.55. The number of hydrogen-bond donors (Lipinski definition) is 3. The van der Waals surface area contributed by atoms with Crippen LogP contribution < -0.4 is 5.32 Å². The zero-order valence-electron chi connectivity index (χ0n) is 8.18. The van der Waals surface area contributed by atoms with Crippen LogP contribution in [0, 0.1) is 0 Å². The van der Waals surface area contributed by atoms with Crippen molar-refractivity contribution in [2.75, 3.05) is 6.61 Å². The molecule has 4 nitrogen and oxygen atoms in total. The van der Waals surface area contributed by atoms with E-state index in [9.17, 15) is 9.90 Å². The van der Waals surface area contributed by atoms with Crippen molar-refractivity contribution >= 4 is 6.09 Å². The van der Waals surface area contributed by atoms with E-state index in [1.54, 1.807) is 0 Å². The van der Waals surface area contributed by atoms with E-state index in [4.69, 9.17) is 5.11 Å². The van der Waals surface area contributed by atoms with E-state index in [1.165, 1.54) is 0 Å². The third-order valence-electron chi connectivity index (χ3n) is 2.89. The van der Waals surface area contributed by atoms with Gasteiger partial charge in [0.15, 0.2) is 0 Å². The molecule has 1 aliphatic rings. The van der Waals surface area contributed by atoms with E-state index in [0.29, 0.717) is 6.42 Å². The number of amides is 1. The van der Waals surface area contributed by atoms with E-state index in [1.807, 2.05) is 24.3 Å². The molecule has 0 fully saturated rings. The number of aliphatic hydroxyl groups is 1. The smallest absolute Gasteiger partial charge is 0.404 e. The summed E-state index contributed by atoms with van der Waals surface area (Å²) in [5, 5.41) is 20.4. The van der Waals surface area contributed by atoms with Gasteiger partial charge in [0.05, 0.1) is 6.61 Å². The molecule has 0 radical (unpaired) electrons. The Morgan fingerprint density at radius 3 is 2.87 bits per heavy atom. The Morgan fingerprint density at radius 2 is 2.20 bits per heavy atom. The van der Waals surface area contributed by atoms with Crippen molar-refractivity contribution in [3.8, 4) is 0 Å². The molecule has 1 aromatic carbocycles. The average molecular weight is 207 g/mol. The van der Waals surface area contributed by atoms with Crippen LogP contribution in [0.1, 0.15) is 17.0 Å². The Morgan fingerprint density at radius 1 is 1.47 bits per heavy atom. The summed E-state index contributed by atoms with van der Waals surface area (Å²) in [4.78, 5) is 10.6. The fourth-order valence-corrected chi connectivity index (χ4v) is 2.21. The quantitative estimate of drug-likeness (QED) is 0.676. The second-order valence-corrected chi connectivity index (χ2v) is 3.75. The molecule has 2 rings (SSSR count). The van der Waals surface area contributed by atoms with Crippen LogP contribution in [0.4, 0.5) is 4.79 Å². The molecular weight excluding hydrogens is 194 g/mol. The number of fused-ring (bicyclic) bond motifs is 1. The Bertz CT molecular complexity index is 378. The van der Waals surface area contributed by atoms with Gasteiger partial charge in [-0.25, -0.2) is 4.79 Å². The largest absolute Gasteiger partial charge is 0.465 e. The Balaban J connectivity index is 2.24. The van der Waals surface area contributed by atoms with E-state index in [-0.39, 0.29) is 18.6 Å². The molecule has 3 N–H and O–H groups in total. The predicted molar refractivity (Wildman–Crippen MR) is 54.9 cm³/mol. The van der Waals surface area contributed by atoms with Gasteiger partial charge < -0.3 is 15.5 Å². The molecule has 1 amide bonds. The summed E-state index contributed by atoms with van der Waals surface area (Å²) in [7, 11) is 0. The fourth-order valence-electron chi connectivity index (χ4n) is 2.21. The molecule has 4 heteroatoms. The molecule has 1 aromatic rings. The van der Waals surface area contributed by atoms with E-state index < -0.39 is 6.09 Å². The number of hydrogen-bond acceptors (Lipinski definition) is 2. The molecule has 0 spiro atoms. The fraction of sp³-hybridized carbons (Fsp3) is 0.364. The third-order valence-corrected chi connectivity index (χ3v) is 2.89. The van der Waals surface area contributed by atoms with Crippen molar-refractivity contribution in [3.05, 3.63) is 35.4 Å². The normalized spacial score (nSPS) is 23.5. The molecule has 2 atom stereocenters. The number of aliphatic hydroxyl groups excluding tert-OH is 1. The van der Waals surface area contributed by atoms with Crippen LogP contribution in [-0.2, 0) is 6.42 Å². The molecule has 0 aromatic heterocycles. The van der Waals surface area contributed by atoms with Crippen molar-refractivity contribution in [3.63, 3.8) is 0 Å². The number of rotatable bonds is 2. The number of nitrogens with one attached hydrogen (secondary N) is 1. The first-order valence-corrected chi connectivity index (χ1v) is 4.90. The average Bonchev–Trinajstić information content (AvgIpc) is 2.53. The lowest BCUT2D eigenvalue weighted by molar-refractivity contribution is 0.182. The van der Waals surface area contributed by atoms with Crippen molar-refractivity contribution in [2.24, 2.45) is 0 Å². The summed E-state index contributed by atoms with van der Waals surface area (Å²) in [6.45, 7) is -0.0258. The van der Waals surface area contributed by atoms with Crippen molar-refractivity contribution in [1.29, 1.82) is 0 Å². The molecule has 15 heavy (non-hydrogen) atoms. The van der Waals surface area contributed by atoms with Crippen LogP contribution in [0.5, 0.6) is 0 Å². The molecule has 0 aliphatic heterocycles. The van der Waals surface area contributed by atoms with E-state index in [2.05, 4.69) is 5.32 Å². The molecule has 0 bridgehead atoms.